The van der Waals surface area contributed by atoms with Crippen molar-refractivity contribution in [2.24, 2.45) is 17.8 Å². The molecule has 21 heavy (non-hydrogen) atoms. The monoisotopic (exact) mass is 299 g/mol. The predicted molar refractivity (Wildman–Crippen MR) is 92.2 cm³/mol. The lowest BCUT2D eigenvalue weighted by Crippen LogP contribution is -2.30. The molecule has 2 aromatic rings. The quantitative estimate of drug-likeness (QED) is 0.779. The van der Waals surface area contributed by atoms with E-state index in [1.54, 1.807) is 5.56 Å². The van der Waals surface area contributed by atoms with Crippen molar-refractivity contribution in [1.82, 2.24) is 4.90 Å². The van der Waals surface area contributed by atoms with Gasteiger partial charge in [-0.2, -0.15) is 0 Å². The van der Waals surface area contributed by atoms with Gasteiger partial charge >= 0.3 is 0 Å². The molecule has 0 N–H and O–H groups in total. The molecule has 1 aromatic heterocycles. The van der Waals surface area contributed by atoms with E-state index in [0.717, 1.165) is 23.7 Å². The number of aryl methyl sites for hydroxylation is 1. The maximum absolute atomic E-state index is 2.49. The van der Waals surface area contributed by atoms with Crippen molar-refractivity contribution in [2.45, 2.75) is 32.1 Å². The Morgan fingerprint density at radius 3 is 2.76 bits per heavy atom. The van der Waals surface area contributed by atoms with Gasteiger partial charge in [0.05, 0.1) is 0 Å². The van der Waals surface area contributed by atoms with Crippen LogP contribution in [-0.2, 0) is 0 Å². The lowest BCUT2D eigenvalue weighted by molar-refractivity contribution is 0.219. The van der Waals surface area contributed by atoms with Crippen LogP contribution in [0.2, 0.25) is 0 Å². The second kappa shape index (κ2) is 5.10. The fourth-order valence-corrected chi connectivity index (χ4v) is 5.92. The molecule has 0 spiro atoms. The van der Waals surface area contributed by atoms with E-state index >= 15 is 0 Å². The molecule has 4 unspecified atom stereocenters. The minimum absolute atomic E-state index is 0.802. The highest BCUT2D eigenvalue weighted by Gasteiger charge is 2.47. The van der Waals surface area contributed by atoms with Crippen molar-refractivity contribution >= 4 is 21.4 Å². The fourth-order valence-electron chi connectivity index (χ4n) is 5.02. The summed E-state index contributed by atoms with van der Waals surface area (Å²) in [5.74, 6) is 3.59. The van der Waals surface area contributed by atoms with Crippen molar-refractivity contribution < 1.29 is 0 Å². The van der Waals surface area contributed by atoms with E-state index in [2.05, 4.69) is 50.2 Å². The van der Waals surface area contributed by atoms with E-state index in [4.69, 9.17) is 0 Å². The zero-order valence-corrected chi connectivity index (χ0v) is 14.1. The van der Waals surface area contributed by atoms with Gasteiger partial charge in [0.25, 0.3) is 0 Å². The molecule has 2 aliphatic carbocycles. The Labute approximate surface area is 132 Å². The summed E-state index contributed by atoms with van der Waals surface area (Å²) < 4.78 is 1.45. The van der Waals surface area contributed by atoms with Crippen molar-refractivity contribution in [1.29, 1.82) is 0 Å². The van der Waals surface area contributed by atoms with Crippen LogP contribution in [0.15, 0.2) is 24.3 Å². The van der Waals surface area contributed by atoms with Gasteiger partial charge in [-0.3, -0.25) is 0 Å². The van der Waals surface area contributed by atoms with Gasteiger partial charge in [0, 0.05) is 16.1 Å². The Morgan fingerprint density at radius 2 is 1.95 bits per heavy atom. The van der Waals surface area contributed by atoms with Crippen LogP contribution in [-0.4, -0.2) is 25.5 Å². The smallest absolute Gasteiger partial charge is 0.0345 e. The maximum atomic E-state index is 2.49. The molecule has 2 bridgehead atoms. The minimum Gasteiger partial charge on any atom is -0.309 e. The summed E-state index contributed by atoms with van der Waals surface area (Å²) in [6.07, 6.45) is 4.41. The van der Waals surface area contributed by atoms with E-state index < -0.39 is 0 Å². The first-order valence-electron chi connectivity index (χ1n) is 8.26. The van der Waals surface area contributed by atoms with Gasteiger partial charge in [-0.1, -0.05) is 12.1 Å². The molecule has 4 atom stereocenters. The van der Waals surface area contributed by atoms with E-state index in [0.29, 0.717) is 0 Å². The van der Waals surface area contributed by atoms with Crippen LogP contribution in [0.1, 0.15) is 35.6 Å². The standard InChI is InChI=1S/C19H25NS/c1-12-8-16-10-15(6-7-18(16)21-12)19-14-5-4-13(9-14)17(19)11-20(2)3/h6-8,10,13-14,17,19H,4-5,9,11H2,1-3H3. The number of hydrogen-bond acceptors (Lipinski definition) is 2. The predicted octanol–water partition coefficient (Wildman–Crippen LogP) is 4.90. The third kappa shape index (κ3) is 2.33. The number of nitrogens with zero attached hydrogens (tertiary/aromatic N) is 1. The van der Waals surface area contributed by atoms with E-state index in [9.17, 15) is 0 Å². The summed E-state index contributed by atoms with van der Waals surface area (Å²) in [4.78, 5) is 3.82. The highest BCUT2D eigenvalue weighted by Crippen LogP contribution is 2.57. The Morgan fingerprint density at radius 1 is 1.14 bits per heavy atom. The maximum Gasteiger partial charge on any atom is 0.0345 e. The van der Waals surface area contributed by atoms with Crippen LogP contribution in [0.4, 0.5) is 0 Å². The second-order valence-corrected chi connectivity index (χ2v) is 8.73. The Kier molecular flexibility index (Phi) is 3.35. The molecule has 0 radical (unpaired) electrons. The Balaban J connectivity index is 1.71. The number of hydrogen-bond donors (Lipinski definition) is 0. The molecule has 2 aliphatic rings. The molecular formula is C19H25NS. The third-order valence-electron chi connectivity index (χ3n) is 5.71. The summed E-state index contributed by atoms with van der Waals surface area (Å²) in [5, 5.41) is 1.46. The van der Waals surface area contributed by atoms with Gasteiger partial charge < -0.3 is 4.90 Å². The topological polar surface area (TPSA) is 3.24 Å². The molecule has 0 amide bonds. The van der Waals surface area contributed by atoms with Crippen LogP contribution in [0.5, 0.6) is 0 Å². The van der Waals surface area contributed by atoms with Crippen LogP contribution in [0.3, 0.4) is 0 Å². The third-order valence-corrected chi connectivity index (χ3v) is 6.74. The van der Waals surface area contributed by atoms with Gasteiger partial charge in [-0.15, -0.1) is 11.3 Å². The average molecular weight is 299 g/mol. The summed E-state index contributed by atoms with van der Waals surface area (Å²) in [6, 6.07) is 9.64. The number of rotatable bonds is 3. The molecule has 1 nitrogen and oxygen atoms in total. The van der Waals surface area contributed by atoms with E-state index in [-0.39, 0.29) is 0 Å². The molecular weight excluding hydrogens is 274 g/mol. The fraction of sp³-hybridized carbons (Fsp3) is 0.579. The molecule has 0 saturated heterocycles. The SMILES string of the molecule is Cc1cc2cc(C3C4CCC(C4)C3CN(C)C)ccc2s1. The van der Waals surface area contributed by atoms with Crippen molar-refractivity contribution in [3.8, 4) is 0 Å². The molecule has 2 saturated carbocycles. The molecule has 112 valence electrons. The molecule has 2 fully saturated rings. The van der Waals surface area contributed by atoms with Gasteiger partial charge in [0.1, 0.15) is 0 Å². The van der Waals surface area contributed by atoms with Gasteiger partial charge in [-0.05, 0) is 87.0 Å². The summed E-state index contributed by atoms with van der Waals surface area (Å²) >= 11 is 1.92. The van der Waals surface area contributed by atoms with Crippen molar-refractivity contribution in [3.63, 3.8) is 0 Å². The lowest BCUT2D eigenvalue weighted by atomic mass is 9.75. The molecule has 1 aromatic carbocycles. The van der Waals surface area contributed by atoms with Crippen LogP contribution < -0.4 is 0 Å². The average Bonchev–Trinajstić information content (AvgIpc) is 3.09. The number of thiophene rings is 1. The zero-order valence-electron chi connectivity index (χ0n) is 13.3. The first kappa shape index (κ1) is 13.8. The highest BCUT2D eigenvalue weighted by molar-refractivity contribution is 7.19. The normalized spacial score (nSPS) is 31.6. The van der Waals surface area contributed by atoms with Gasteiger partial charge in [0.15, 0.2) is 0 Å². The first-order chi connectivity index (χ1) is 10.1. The first-order valence-corrected chi connectivity index (χ1v) is 9.08. The zero-order chi connectivity index (χ0) is 14.6. The minimum atomic E-state index is 0.802. The summed E-state index contributed by atoms with van der Waals surface area (Å²) in [7, 11) is 4.46. The van der Waals surface area contributed by atoms with Gasteiger partial charge in [-0.25, -0.2) is 0 Å². The van der Waals surface area contributed by atoms with Crippen LogP contribution in [0, 0.1) is 24.7 Å². The second-order valence-electron chi connectivity index (χ2n) is 7.44. The van der Waals surface area contributed by atoms with Gasteiger partial charge in [0.2, 0.25) is 0 Å². The Hall–Kier alpha value is -0.860. The number of benzene rings is 1. The summed E-state index contributed by atoms with van der Waals surface area (Å²) in [6.45, 7) is 3.48. The highest BCUT2D eigenvalue weighted by atomic mass is 32.1. The van der Waals surface area contributed by atoms with Crippen molar-refractivity contribution in [2.75, 3.05) is 20.6 Å². The van der Waals surface area contributed by atoms with Crippen molar-refractivity contribution in [3.05, 3.63) is 34.7 Å². The largest absolute Gasteiger partial charge is 0.309 e. The Bertz CT molecular complexity index is 657. The van der Waals surface area contributed by atoms with E-state index in [1.807, 2.05) is 11.3 Å². The molecule has 1 heterocycles. The van der Waals surface area contributed by atoms with Crippen LogP contribution >= 0.6 is 11.3 Å². The molecule has 2 heteroatoms. The summed E-state index contributed by atoms with van der Waals surface area (Å²) in [5.41, 5.74) is 1.61. The van der Waals surface area contributed by atoms with Crippen LogP contribution in [0.25, 0.3) is 10.1 Å². The lowest BCUT2D eigenvalue weighted by Gasteiger charge is -2.33. The molecule has 0 aliphatic heterocycles. The molecule has 4 rings (SSSR count). The van der Waals surface area contributed by atoms with E-state index in [1.165, 1.54) is 40.8 Å². The number of fused-ring (bicyclic) bond motifs is 3.